The van der Waals surface area contributed by atoms with Gasteiger partial charge in [0.2, 0.25) is 11.7 Å². The molecule has 6 nitrogen and oxygen atoms in total. The van der Waals surface area contributed by atoms with Gasteiger partial charge in [0.25, 0.3) is 0 Å². The Morgan fingerprint density at radius 3 is 2.29 bits per heavy atom. The van der Waals surface area contributed by atoms with E-state index in [0.29, 0.717) is 6.42 Å². The second kappa shape index (κ2) is 7.08. The predicted octanol–water partition coefficient (Wildman–Crippen LogP) is 5.18. The number of Topliss-reactive ketones (excluding diaryl/α,β-unsaturated/α-hetero) is 1. The maximum absolute atomic E-state index is 14.5. The van der Waals surface area contributed by atoms with E-state index < -0.39 is 22.0 Å². The Hall–Kier alpha value is -2.26. The van der Waals surface area contributed by atoms with Crippen LogP contribution < -0.4 is 0 Å². The molecule has 1 aliphatic heterocycles. The van der Waals surface area contributed by atoms with Crippen molar-refractivity contribution in [1.29, 1.82) is 5.26 Å². The fraction of sp³-hybridized carbons (Fsp3) is 0.750. The lowest BCUT2D eigenvalue weighted by Crippen LogP contribution is -2.67. The number of hydrogen-bond acceptors (Lipinski definition) is 5. The number of nitriles is 1. The first-order valence-corrected chi connectivity index (χ1v) is 14.3. The molecule has 0 aromatic carbocycles. The lowest BCUT2D eigenvalue weighted by molar-refractivity contribution is -0.181. The van der Waals surface area contributed by atoms with Crippen LogP contribution in [0.4, 0.5) is 0 Å². The van der Waals surface area contributed by atoms with Crippen LogP contribution >= 0.6 is 0 Å². The van der Waals surface area contributed by atoms with Gasteiger partial charge < -0.3 is 9.64 Å². The van der Waals surface area contributed by atoms with E-state index in [-0.39, 0.29) is 51.1 Å². The van der Waals surface area contributed by atoms with Gasteiger partial charge in [-0.1, -0.05) is 27.7 Å². The molecule has 1 amide bonds. The van der Waals surface area contributed by atoms with Gasteiger partial charge in [0, 0.05) is 25.4 Å². The van der Waals surface area contributed by atoms with Gasteiger partial charge in [-0.05, 0) is 98.7 Å². The first kappa shape index (κ1) is 26.0. The predicted molar refractivity (Wildman–Crippen MR) is 143 cm³/mol. The standard InChI is InChI=1S/C32H42N2O4/c1-26(2)9-12-31(25(37)34(7)8)13-10-28(4)23(20(31)17-26)21(35)15-22-27(28,3)11-14-32-29(22,5)16-19(18-33)24(36)30(32,6)38-32/h15-16,20,23H,9-14,17H2,1-8H3/t20?,23?,27-,28-,29-,30-,31+,32+/m1/s1. The van der Waals surface area contributed by atoms with E-state index in [0.717, 1.165) is 44.1 Å². The number of amides is 1. The van der Waals surface area contributed by atoms with Crippen molar-refractivity contribution < 1.29 is 19.1 Å². The molecule has 1 spiro atoms. The highest BCUT2D eigenvalue weighted by atomic mass is 16.6. The summed E-state index contributed by atoms with van der Waals surface area (Å²) in [7, 11) is 3.70. The summed E-state index contributed by atoms with van der Waals surface area (Å²) in [4.78, 5) is 43.2. The molecule has 38 heavy (non-hydrogen) atoms. The van der Waals surface area contributed by atoms with Gasteiger partial charge in [-0.15, -0.1) is 0 Å². The van der Waals surface area contributed by atoms with E-state index in [4.69, 9.17) is 4.74 Å². The van der Waals surface area contributed by atoms with E-state index in [2.05, 4.69) is 40.7 Å². The fourth-order valence-corrected chi connectivity index (χ4v) is 10.5. The van der Waals surface area contributed by atoms with Crippen LogP contribution in [0.25, 0.3) is 0 Å². The number of fused-ring (bicyclic) bond motifs is 6. The van der Waals surface area contributed by atoms with E-state index >= 15 is 0 Å². The van der Waals surface area contributed by atoms with Crippen LogP contribution in [0.1, 0.15) is 86.5 Å². The van der Waals surface area contributed by atoms with Gasteiger partial charge in [0.05, 0.1) is 11.0 Å². The van der Waals surface area contributed by atoms with E-state index in [1.807, 2.05) is 33.2 Å². The van der Waals surface area contributed by atoms with Crippen LogP contribution in [0.5, 0.6) is 0 Å². The summed E-state index contributed by atoms with van der Waals surface area (Å²) in [6.07, 6.45) is 9.51. The molecule has 204 valence electrons. The number of epoxide rings is 1. The normalized spacial score (nSPS) is 50.1. The number of carbonyl (C=O) groups excluding carboxylic acids is 3. The number of ketones is 2. The summed E-state index contributed by atoms with van der Waals surface area (Å²) in [5.74, 6) is -0.185. The Kier molecular flexibility index (Phi) is 4.84. The highest BCUT2D eigenvalue weighted by Gasteiger charge is 2.84. The fourth-order valence-electron chi connectivity index (χ4n) is 10.5. The molecule has 0 bridgehead atoms. The summed E-state index contributed by atoms with van der Waals surface area (Å²) in [5, 5.41) is 9.85. The number of rotatable bonds is 1. The van der Waals surface area contributed by atoms with Crippen LogP contribution in [-0.4, -0.2) is 47.7 Å². The average molecular weight is 519 g/mol. The van der Waals surface area contributed by atoms with Crippen molar-refractivity contribution in [3.8, 4) is 6.07 Å². The highest BCUT2D eigenvalue weighted by molar-refractivity contribution is 6.10. The molecule has 0 aromatic heterocycles. The third kappa shape index (κ3) is 2.61. The van der Waals surface area contributed by atoms with Gasteiger partial charge in [-0.25, -0.2) is 0 Å². The quantitative estimate of drug-likeness (QED) is 0.446. The molecule has 0 radical (unpaired) electrons. The molecular formula is C32H42N2O4. The van der Waals surface area contributed by atoms with Crippen LogP contribution in [0, 0.1) is 50.2 Å². The average Bonchev–Trinajstić information content (AvgIpc) is 3.49. The van der Waals surface area contributed by atoms with E-state index in [1.54, 1.807) is 4.90 Å². The van der Waals surface area contributed by atoms with Crippen molar-refractivity contribution in [2.45, 2.75) is 97.7 Å². The topological polar surface area (TPSA) is 90.8 Å². The molecule has 6 rings (SSSR count). The molecule has 6 aliphatic rings. The first-order valence-electron chi connectivity index (χ1n) is 14.3. The van der Waals surface area contributed by atoms with Gasteiger partial charge in [-0.2, -0.15) is 5.26 Å². The largest absolute Gasteiger partial charge is 0.353 e. The van der Waals surface area contributed by atoms with Crippen LogP contribution in [0.3, 0.4) is 0 Å². The number of carbonyl (C=O) groups is 3. The van der Waals surface area contributed by atoms with Crippen LogP contribution in [0.15, 0.2) is 23.3 Å². The van der Waals surface area contributed by atoms with Crippen molar-refractivity contribution in [2.24, 2.45) is 38.9 Å². The molecule has 0 aromatic rings. The Labute approximate surface area is 226 Å². The lowest BCUT2D eigenvalue weighted by Gasteiger charge is -2.68. The van der Waals surface area contributed by atoms with Crippen molar-refractivity contribution in [3.05, 3.63) is 23.3 Å². The van der Waals surface area contributed by atoms with Gasteiger partial charge in [-0.3, -0.25) is 14.4 Å². The number of hydrogen-bond donors (Lipinski definition) is 0. The second-order valence-corrected chi connectivity index (χ2v) is 15.2. The Morgan fingerprint density at radius 2 is 1.66 bits per heavy atom. The third-order valence-corrected chi connectivity index (χ3v) is 12.9. The first-order chi connectivity index (χ1) is 17.5. The van der Waals surface area contributed by atoms with Gasteiger partial charge in [0.15, 0.2) is 11.4 Å². The third-order valence-electron chi connectivity index (χ3n) is 12.9. The van der Waals surface area contributed by atoms with Crippen molar-refractivity contribution in [2.75, 3.05) is 14.1 Å². The highest BCUT2D eigenvalue weighted by Crippen LogP contribution is 2.78. The molecule has 1 heterocycles. The molecule has 0 N–H and O–H groups in total. The summed E-state index contributed by atoms with van der Waals surface area (Å²) < 4.78 is 6.33. The van der Waals surface area contributed by atoms with Crippen LogP contribution in [0.2, 0.25) is 0 Å². The summed E-state index contributed by atoms with van der Waals surface area (Å²) in [6, 6.07) is 2.13. The zero-order valence-electron chi connectivity index (χ0n) is 24.3. The van der Waals surface area contributed by atoms with Gasteiger partial charge >= 0.3 is 0 Å². The van der Waals surface area contributed by atoms with E-state index in [9.17, 15) is 19.6 Å². The minimum Gasteiger partial charge on any atom is -0.353 e. The number of ether oxygens (including phenoxy) is 1. The number of nitrogens with zero attached hydrogens (tertiary/aromatic N) is 2. The molecule has 2 unspecified atom stereocenters. The SMILES string of the molecule is CN(C)C(=O)[C@]12CCC(C)(C)CC1C1C(=O)C=C3[C@@]4(C)C=C(C#N)C(=O)[C@@]5(C)O[C@@]45CC[C@@]3(C)[C@]1(C)CC2. The number of allylic oxidation sites excluding steroid dienone is 1. The summed E-state index contributed by atoms with van der Waals surface area (Å²) >= 11 is 0. The molecule has 3 saturated carbocycles. The van der Waals surface area contributed by atoms with Crippen molar-refractivity contribution >= 4 is 17.5 Å². The molecule has 5 aliphatic carbocycles. The molecule has 6 heteroatoms. The zero-order valence-corrected chi connectivity index (χ0v) is 24.3. The molecular weight excluding hydrogens is 476 g/mol. The summed E-state index contributed by atoms with van der Waals surface area (Å²) in [6.45, 7) is 13.1. The summed E-state index contributed by atoms with van der Waals surface area (Å²) in [5.41, 5.74) is -2.35. The monoisotopic (exact) mass is 518 g/mol. The second-order valence-electron chi connectivity index (χ2n) is 15.2. The maximum Gasteiger partial charge on any atom is 0.228 e. The zero-order chi connectivity index (χ0) is 27.9. The molecule has 8 atom stereocenters. The maximum atomic E-state index is 14.5. The minimum atomic E-state index is -1.02. The Bertz CT molecular complexity index is 1300. The molecule has 4 fully saturated rings. The van der Waals surface area contributed by atoms with Crippen molar-refractivity contribution in [1.82, 2.24) is 4.90 Å². The minimum absolute atomic E-state index is 0.00805. The Morgan fingerprint density at radius 1 is 1.00 bits per heavy atom. The lowest BCUT2D eigenvalue weighted by atomic mass is 9.34. The smallest absolute Gasteiger partial charge is 0.228 e. The van der Waals surface area contributed by atoms with Crippen LogP contribution in [-0.2, 0) is 19.1 Å². The Balaban J connectivity index is 1.54. The molecule has 1 saturated heterocycles. The van der Waals surface area contributed by atoms with E-state index in [1.165, 1.54) is 0 Å². The van der Waals surface area contributed by atoms with Crippen molar-refractivity contribution in [3.63, 3.8) is 0 Å². The van der Waals surface area contributed by atoms with Gasteiger partial charge in [0.1, 0.15) is 11.7 Å².